The summed E-state index contributed by atoms with van der Waals surface area (Å²) in [5, 5.41) is 6.46. The van der Waals surface area contributed by atoms with Crippen LogP contribution in [0.3, 0.4) is 0 Å². The minimum atomic E-state index is -3.49. The highest BCUT2D eigenvalue weighted by molar-refractivity contribution is 7.89. The number of carbonyl (C=O) groups is 1. The second-order valence-corrected chi connectivity index (χ2v) is 9.01. The average Bonchev–Trinajstić information content (AvgIpc) is 3.16. The Morgan fingerprint density at radius 3 is 2.64 bits per heavy atom. The lowest BCUT2D eigenvalue weighted by Gasteiger charge is -2.09. The first-order valence-electron chi connectivity index (χ1n) is 8.54. The Labute approximate surface area is 165 Å². The first kappa shape index (κ1) is 18.6. The van der Waals surface area contributed by atoms with Crippen LogP contribution in [0.2, 0.25) is 0 Å². The van der Waals surface area contributed by atoms with Gasteiger partial charge in [-0.2, -0.15) is 5.10 Å². The standard InChI is InChI=1S/C17H18N6O3S2/c1-23-9-11(8-18-23)17-19-15(10-27-17)16(24)21-20-12-4-6-14(7-5-12)28(25,26)22-13-2-3-13/h4-10,13,20,22H,2-3H2,1H3,(H,21,24). The molecule has 1 aliphatic rings. The molecule has 0 saturated heterocycles. The number of hydrazine groups is 1. The largest absolute Gasteiger partial charge is 0.298 e. The molecule has 1 saturated carbocycles. The molecule has 3 aromatic rings. The van der Waals surface area contributed by atoms with Gasteiger partial charge < -0.3 is 0 Å². The van der Waals surface area contributed by atoms with Crippen LogP contribution in [0.25, 0.3) is 10.6 Å². The summed E-state index contributed by atoms with van der Waals surface area (Å²) in [5.41, 5.74) is 7.00. The molecule has 3 N–H and O–H groups in total. The summed E-state index contributed by atoms with van der Waals surface area (Å²) in [5.74, 6) is -0.390. The molecule has 28 heavy (non-hydrogen) atoms. The quantitative estimate of drug-likeness (QED) is 0.503. The van der Waals surface area contributed by atoms with E-state index in [9.17, 15) is 13.2 Å². The number of amides is 1. The van der Waals surface area contributed by atoms with Crippen molar-refractivity contribution < 1.29 is 13.2 Å². The molecule has 0 spiro atoms. The number of nitrogens with one attached hydrogen (secondary N) is 3. The van der Waals surface area contributed by atoms with Gasteiger partial charge in [0.1, 0.15) is 10.7 Å². The lowest BCUT2D eigenvalue weighted by Crippen LogP contribution is -2.29. The third-order valence-corrected chi connectivity index (χ3v) is 6.50. The van der Waals surface area contributed by atoms with Gasteiger partial charge in [-0.15, -0.1) is 11.3 Å². The Balaban J connectivity index is 1.36. The molecule has 11 heteroatoms. The maximum absolute atomic E-state index is 12.3. The molecule has 1 fully saturated rings. The van der Waals surface area contributed by atoms with Gasteiger partial charge >= 0.3 is 0 Å². The number of thiazole rings is 1. The van der Waals surface area contributed by atoms with Gasteiger partial charge in [-0.05, 0) is 37.1 Å². The van der Waals surface area contributed by atoms with Crippen LogP contribution >= 0.6 is 11.3 Å². The molecular weight excluding hydrogens is 400 g/mol. The third kappa shape index (κ3) is 4.21. The van der Waals surface area contributed by atoms with E-state index in [4.69, 9.17) is 0 Å². The van der Waals surface area contributed by atoms with E-state index in [1.807, 2.05) is 13.2 Å². The minimum Gasteiger partial charge on any atom is -0.298 e. The van der Waals surface area contributed by atoms with Crippen molar-refractivity contribution in [3.8, 4) is 10.6 Å². The number of sulfonamides is 1. The normalized spacial score (nSPS) is 14.0. The van der Waals surface area contributed by atoms with Crippen molar-refractivity contribution in [2.24, 2.45) is 7.05 Å². The van der Waals surface area contributed by atoms with Crippen LogP contribution in [0.5, 0.6) is 0 Å². The van der Waals surface area contributed by atoms with Crippen molar-refractivity contribution in [1.82, 2.24) is 24.9 Å². The lowest BCUT2D eigenvalue weighted by atomic mass is 10.3. The molecule has 9 nitrogen and oxygen atoms in total. The van der Waals surface area contributed by atoms with Gasteiger partial charge in [0.15, 0.2) is 0 Å². The number of aryl methyl sites for hydroxylation is 1. The van der Waals surface area contributed by atoms with Gasteiger partial charge in [-0.1, -0.05) is 0 Å². The number of rotatable bonds is 7. The van der Waals surface area contributed by atoms with Crippen molar-refractivity contribution >= 4 is 33.0 Å². The fourth-order valence-electron chi connectivity index (χ4n) is 2.44. The van der Waals surface area contributed by atoms with Crippen LogP contribution in [0, 0.1) is 0 Å². The Hall–Kier alpha value is -2.76. The van der Waals surface area contributed by atoms with Crippen molar-refractivity contribution in [1.29, 1.82) is 0 Å². The fraction of sp³-hybridized carbons (Fsp3) is 0.235. The Morgan fingerprint density at radius 2 is 2.00 bits per heavy atom. The zero-order chi connectivity index (χ0) is 19.7. The topological polar surface area (TPSA) is 118 Å². The molecule has 1 aliphatic carbocycles. The number of carbonyl (C=O) groups excluding carboxylic acids is 1. The van der Waals surface area contributed by atoms with Crippen LogP contribution in [-0.2, 0) is 17.1 Å². The highest BCUT2D eigenvalue weighted by atomic mass is 32.2. The number of benzene rings is 1. The molecule has 0 aliphatic heterocycles. The molecule has 1 aromatic carbocycles. The Kier molecular flexibility index (Phi) is 4.87. The van der Waals surface area contributed by atoms with Gasteiger partial charge in [0.25, 0.3) is 5.91 Å². The smallest absolute Gasteiger partial charge is 0.289 e. The van der Waals surface area contributed by atoms with Crippen LogP contribution in [0.1, 0.15) is 23.3 Å². The van der Waals surface area contributed by atoms with Crippen molar-refractivity contribution in [3.63, 3.8) is 0 Å². The van der Waals surface area contributed by atoms with Gasteiger partial charge in [0, 0.05) is 30.2 Å². The number of aromatic nitrogens is 3. The zero-order valence-electron chi connectivity index (χ0n) is 14.9. The molecule has 0 bridgehead atoms. The van der Waals surface area contributed by atoms with Gasteiger partial charge in [-0.3, -0.25) is 20.3 Å². The van der Waals surface area contributed by atoms with Crippen LogP contribution in [0.4, 0.5) is 5.69 Å². The maximum Gasteiger partial charge on any atom is 0.289 e. The van der Waals surface area contributed by atoms with Gasteiger partial charge in [0.05, 0.1) is 16.8 Å². The number of hydrogen-bond acceptors (Lipinski definition) is 7. The molecule has 2 aromatic heterocycles. The number of hydrogen-bond donors (Lipinski definition) is 3. The molecule has 0 radical (unpaired) electrons. The summed E-state index contributed by atoms with van der Waals surface area (Å²) in [6.07, 6.45) is 5.27. The van der Waals surface area contributed by atoms with E-state index in [0.29, 0.717) is 10.7 Å². The molecule has 0 atom stereocenters. The van der Waals surface area contributed by atoms with Crippen molar-refractivity contribution in [3.05, 3.63) is 47.7 Å². The monoisotopic (exact) mass is 418 g/mol. The second-order valence-electron chi connectivity index (χ2n) is 6.44. The highest BCUT2D eigenvalue weighted by Crippen LogP contribution is 2.24. The van der Waals surface area contributed by atoms with Crippen LogP contribution in [0.15, 0.2) is 46.9 Å². The minimum absolute atomic E-state index is 0.0526. The third-order valence-electron chi connectivity index (χ3n) is 4.07. The van der Waals surface area contributed by atoms with E-state index in [0.717, 1.165) is 18.4 Å². The molecule has 1 amide bonds. The molecule has 146 valence electrons. The number of anilines is 1. The molecule has 0 unspecified atom stereocenters. The Morgan fingerprint density at radius 1 is 1.25 bits per heavy atom. The van der Waals surface area contributed by atoms with E-state index in [2.05, 4.69) is 25.7 Å². The zero-order valence-corrected chi connectivity index (χ0v) is 16.5. The summed E-state index contributed by atoms with van der Waals surface area (Å²) in [6, 6.07) is 6.20. The van der Waals surface area contributed by atoms with E-state index >= 15 is 0 Å². The first-order valence-corrected chi connectivity index (χ1v) is 10.9. The van der Waals surface area contributed by atoms with Crippen LogP contribution < -0.4 is 15.6 Å². The van der Waals surface area contributed by atoms with E-state index < -0.39 is 15.9 Å². The average molecular weight is 419 g/mol. The van der Waals surface area contributed by atoms with Gasteiger partial charge in [0.2, 0.25) is 10.0 Å². The first-order chi connectivity index (χ1) is 13.4. The summed E-state index contributed by atoms with van der Waals surface area (Å²) in [4.78, 5) is 16.8. The Bertz CT molecular complexity index is 1100. The lowest BCUT2D eigenvalue weighted by molar-refractivity contribution is 0.0958. The van der Waals surface area contributed by atoms with E-state index in [1.165, 1.54) is 23.5 Å². The summed E-state index contributed by atoms with van der Waals surface area (Å²) >= 11 is 1.35. The highest BCUT2D eigenvalue weighted by Gasteiger charge is 2.27. The summed E-state index contributed by atoms with van der Waals surface area (Å²) in [7, 11) is -1.68. The summed E-state index contributed by atoms with van der Waals surface area (Å²) in [6.45, 7) is 0. The summed E-state index contributed by atoms with van der Waals surface area (Å²) < 4.78 is 28.6. The molecule has 4 rings (SSSR count). The SMILES string of the molecule is Cn1cc(-c2nc(C(=O)NNc3ccc(S(=O)(=O)NC4CC4)cc3)cs2)cn1. The maximum atomic E-state index is 12.3. The second kappa shape index (κ2) is 7.34. The van der Waals surface area contributed by atoms with Gasteiger partial charge in [-0.25, -0.2) is 18.1 Å². The predicted molar refractivity (Wildman–Crippen MR) is 105 cm³/mol. The van der Waals surface area contributed by atoms with Crippen molar-refractivity contribution in [2.45, 2.75) is 23.8 Å². The number of nitrogens with zero attached hydrogens (tertiary/aromatic N) is 3. The van der Waals surface area contributed by atoms with Crippen molar-refractivity contribution in [2.75, 3.05) is 5.43 Å². The molecule has 2 heterocycles. The molecular formula is C17H18N6O3S2. The predicted octanol–water partition coefficient (Wildman–Crippen LogP) is 1.74. The fourth-order valence-corrected chi connectivity index (χ4v) is 4.52. The van der Waals surface area contributed by atoms with Crippen LogP contribution in [-0.4, -0.2) is 35.1 Å². The van der Waals surface area contributed by atoms with E-state index in [1.54, 1.807) is 28.4 Å². The van der Waals surface area contributed by atoms with E-state index in [-0.39, 0.29) is 16.6 Å².